The first-order valence-corrected chi connectivity index (χ1v) is 6.97. The number of pyridine rings is 1. The van der Waals surface area contributed by atoms with E-state index in [1.54, 1.807) is 18.3 Å². The second kappa shape index (κ2) is 4.96. The van der Waals surface area contributed by atoms with E-state index in [4.69, 9.17) is 0 Å². The molecule has 21 heavy (non-hydrogen) atoms. The van der Waals surface area contributed by atoms with Gasteiger partial charge in [-0.15, -0.1) is 0 Å². The van der Waals surface area contributed by atoms with Crippen molar-refractivity contribution in [3.8, 4) is 0 Å². The molecule has 0 aliphatic carbocycles. The molecule has 1 saturated heterocycles. The Bertz CT molecular complexity index is 690. The number of aromatic nitrogens is 1. The smallest absolute Gasteiger partial charge is 0.295 e. The third kappa shape index (κ3) is 2.54. The lowest BCUT2D eigenvalue weighted by Crippen LogP contribution is -2.42. The largest absolute Gasteiger partial charge is 0.390 e. The Balaban J connectivity index is 2.05. The summed E-state index contributed by atoms with van der Waals surface area (Å²) in [6, 6.07) is 6.94. The van der Waals surface area contributed by atoms with Crippen molar-refractivity contribution >= 4 is 22.3 Å². The van der Waals surface area contributed by atoms with E-state index >= 15 is 0 Å². The standard InChI is InChI=1S/C15H17N3O3/c1-15(19)6-9-17(10-7-15)12-4-5-13(18(20)21)14-11(12)3-2-8-16-14/h2-5,8,19H,6-7,9-10H2,1H3. The molecule has 0 saturated carbocycles. The summed E-state index contributed by atoms with van der Waals surface area (Å²) in [6.07, 6.45) is 2.94. The number of anilines is 1. The Morgan fingerprint density at radius 2 is 2.05 bits per heavy atom. The van der Waals surface area contributed by atoms with Gasteiger partial charge in [0.25, 0.3) is 5.69 Å². The van der Waals surface area contributed by atoms with E-state index in [1.165, 1.54) is 6.07 Å². The van der Waals surface area contributed by atoms with E-state index in [9.17, 15) is 15.2 Å². The fourth-order valence-corrected chi connectivity index (χ4v) is 2.80. The highest BCUT2D eigenvalue weighted by molar-refractivity contribution is 5.97. The van der Waals surface area contributed by atoms with Crippen LogP contribution >= 0.6 is 0 Å². The van der Waals surface area contributed by atoms with E-state index in [1.807, 2.05) is 13.0 Å². The summed E-state index contributed by atoms with van der Waals surface area (Å²) in [4.78, 5) is 17.0. The van der Waals surface area contributed by atoms with Gasteiger partial charge in [-0.05, 0) is 38.0 Å². The first-order valence-electron chi connectivity index (χ1n) is 6.97. The highest BCUT2D eigenvalue weighted by Crippen LogP contribution is 2.34. The number of hydrogen-bond acceptors (Lipinski definition) is 5. The van der Waals surface area contributed by atoms with E-state index in [-0.39, 0.29) is 5.69 Å². The lowest BCUT2D eigenvalue weighted by Gasteiger charge is -2.37. The van der Waals surface area contributed by atoms with Crippen LogP contribution in [-0.4, -0.2) is 33.7 Å². The number of benzene rings is 1. The van der Waals surface area contributed by atoms with Crippen LogP contribution in [0.1, 0.15) is 19.8 Å². The van der Waals surface area contributed by atoms with Gasteiger partial charge in [0, 0.05) is 36.4 Å². The molecule has 0 unspecified atom stereocenters. The highest BCUT2D eigenvalue weighted by Gasteiger charge is 2.28. The van der Waals surface area contributed by atoms with Gasteiger partial charge in [0.1, 0.15) is 5.52 Å². The summed E-state index contributed by atoms with van der Waals surface area (Å²) in [6.45, 7) is 3.31. The Hall–Kier alpha value is -2.21. The Kier molecular flexibility index (Phi) is 3.25. The second-order valence-electron chi connectivity index (χ2n) is 5.74. The number of nitrogens with zero attached hydrogens (tertiary/aromatic N) is 3. The van der Waals surface area contributed by atoms with Crippen LogP contribution in [0.25, 0.3) is 10.9 Å². The minimum Gasteiger partial charge on any atom is -0.390 e. The number of hydrogen-bond donors (Lipinski definition) is 1. The molecule has 1 fully saturated rings. The molecule has 1 aliphatic heterocycles. The highest BCUT2D eigenvalue weighted by atomic mass is 16.6. The SMILES string of the molecule is CC1(O)CCN(c2ccc([N+](=O)[O-])c3ncccc23)CC1. The van der Waals surface area contributed by atoms with E-state index in [2.05, 4.69) is 9.88 Å². The predicted octanol–water partition coefficient (Wildman–Crippen LogP) is 2.49. The zero-order valence-corrected chi connectivity index (χ0v) is 11.8. The molecule has 2 heterocycles. The quantitative estimate of drug-likeness (QED) is 0.678. The van der Waals surface area contributed by atoms with Gasteiger partial charge in [0.2, 0.25) is 0 Å². The van der Waals surface area contributed by atoms with E-state index < -0.39 is 10.5 Å². The minimum atomic E-state index is -0.620. The summed E-state index contributed by atoms with van der Waals surface area (Å²) in [5.41, 5.74) is 0.764. The Morgan fingerprint density at radius 1 is 1.33 bits per heavy atom. The van der Waals surface area contributed by atoms with Gasteiger partial charge in [-0.3, -0.25) is 10.1 Å². The lowest BCUT2D eigenvalue weighted by atomic mass is 9.93. The molecule has 6 heteroatoms. The number of piperidine rings is 1. The average Bonchev–Trinajstić information content (AvgIpc) is 2.46. The van der Waals surface area contributed by atoms with Crippen molar-refractivity contribution < 1.29 is 10.0 Å². The maximum Gasteiger partial charge on any atom is 0.295 e. The maximum absolute atomic E-state index is 11.1. The molecule has 1 aromatic heterocycles. The molecule has 0 spiro atoms. The summed E-state index contributed by atoms with van der Waals surface area (Å²) in [5.74, 6) is 0. The first-order chi connectivity index (χ1) is 9.98. The van der Waals surface area contributed by atoms with Gasteiger partial charge >= 0.3 is 0 Å². The van der Waals surface area contributed by atoms with Crippen molar-refractivity contribution in [2.24, 2.45) is 0 Å². The first kappa shape index (κ1) is 13.8. The van der Waals surface area contributed by atoms with Gasteiger partial charge < -0.3 is 10.0 Å². The van der Waals surface area contributed by atoms with Gasteiger partial charge in [0.05, 0.1) is 10.5 Å². The molecule has 3 rings (SSSR count). The Labute approximate surface area is 122 Å². The Morgan fingerprint density at radius 3 is 2.71 bits per heavy atom. The number of fused-ring (bicyclic) bond motifs is 1. The molecule has 0 amide bonds. The lowest BCUT2D eigenvalue weighted by molar-refractivity contribution is -0.383. The minimum absolute atomic E-state index is 0.0263. The summed E-state index contributed by atoms with van der Waals surface area (Å²) in [5, 5.41) is 21.9. The van der Waals surface area contributed by atoms with Crippen LogP contribution in [0, 0.1) is 10.1 Å². The van der Waals surface area contributed by atoms with Crippen molar-refractivity contribution in [3.63, 3.8) is 0 Å². The van der Waals surface area contributed by atoms with Gasteiger partial charge in [-0.25, -0.2) is 4.98 Å². The topological polar surface area (TPSA) is 79.5 Å². The van der Waals surface area contributed by atoms with Crippen LogP contribution in [0.2, 0.25) is 0 Å². The normalized spacial score (nSPS) is 17.9. The monoisotopic (exact) mass is 287 g/mol. The van der Waals surface area contributed by atoms with Crippen molar-refractivity contribution in [3.05, 3.63) is 40.6 Å². The van der Waals surface area contributed by atoms with Crippen molar-refractivity contribution in [1.82, 2.24) is 4.98 Å². The second-order valence-corrected chi connectivity index (χ2v) is 5.74. The summed E-state index contributed by atoms with van der Waals surface area (Å²) >= 11 is 0. The third-order valence-electron chi connectivity index (χ3n) is 4.10. The zero-order chi connectivity index (χ0) is 15.0. The zero-order valence-electron chi connectivity index (χ0n) is 11.8. The van der Waals surface area contributed by atoms with Gasteiger partial charge in [0.15, 0.2) is 0 Å². The molecule has 0 bridgehead atoms. The van der Waals surface area contributed by atoms with Gasteiger partial charge in [-0.1, -0.05) is 0 Å². The molecule has 0 atom stereocenters. The molecule has 6 nitrogen and oxygen atoms in total. The van der Waals surface area contributed by atoms with E-state index in [0.29, 0.717) is 18.4 Å². The van der Waals surface area contributed by atoms with Crippen molar-refractivity contribution in [1.29, 1.82) is 0 Å². The molecule has 1 aromatic carbocycles. The number of nitro benzene ring substituents is 1. The maximum atomic E-state index is 11.1. The summed E-state index contributed by atoms with van der Waals surface area (Å²) < 4.78 is 0. The number of nitro groups is 1. The van der Waals surface area contributed by atoms with E-state index in [0.717, 1.165) is 24.2 Å². The number of aliphatic hydroxyl groups is 1. The van der Waals surface area contributed by atoms with Crippen LogP contribution < -0.4 is 4.90 Å². The fraction of sp³-hybridized carbons (Fsp3) is 0.400. The van der Waals surface area contributed by atoms with Crippen molar-refractivity contribution in [2.45, 2.75) is 25.4 Å². The predicted molar refractivity (Wildman–Crippen MR) is 80.5 cm³/mol. The molecule has 1 N–H and O–H groups in total. The molecule has 2 aromatic rings. The van der Waals surface area contributed by atoms with Crippen molar-refractivity contribution in [2.75, 3.05) is 18.0 Å². The molecular formula is C15H17N3O3. The van der Waals surface area contributed by atoms with Crippen LogP contribution in [0.15, 0.2) is 30.5 Å². The molecule has 0 radical (unpaired) electrons. The summed E-state index contributed by atoms with van der Waals surface area (Å²) in [7, 11) is 0. The third-order valence-corrected chi connectivity index (χ3v) is 4.10. The molecule has 1 aliphatic rings. The van der Waals surface area contributed by atoms with Gasteiger partial charge in [-0.2, -0.15) is 0 Å². The molecular weight excluding hydrogens is 270 g/mol. The van der Waals surface area contributed by atoms with Crippen LogP contribution in [0.3, 0.4) is 0 Å². The average molecular weight is 287 g/mol. The van der Waals surface area contributed by atoms with Crippen LogP contribution in [0.5, 0.6) is 0 Å². The van der Waals surface area contributed by atoms with Crippen LogP contribution in [-0.2, 0) is 0 Å². The molecule has 110 valence electrons. The number of non-ortho nitro benzene ring substituents is 1. The fourth-order valence-electron chi connectivity index (χ4n) is 2.80. The number of rotatable bonds is 2. The van der Waals surface area contributed by atoms with Crippen LogP contribution in [0.4, 0.5) is 11.4 Å².